The van der Waals surface area contributed by atoms with E-state index < -0.39 is 29.5 Å². The van der Waals surface area contributed by atoms with Gasteiger partial charge in [0, 0.05) is 35.8 Å². The van der Waals surface area contributed by atoms with Crippen LogP contribution in [0.4, 0.5) is 11.6 Å². The minimum Gasteiger partial charge on any atom is -0.400 e. The van der Waals surface area contributed by atoms with Crippen LogP contribution in [0.5, 0.6) is 0 Å². The average molecular weight is 591 g/mol. The van der Waals surface area contributed by atoms with Gasteiger partial charge in [-0.1, -0.05) is 32.9 Å². The number of rotatable bonds is 14. The van der Waals surface area contributed by atoms with E-state index in [0.717, 1.165) is 29.9 Å². The third-order valence-electron chi connectivity index (χ3n) is 6.21. The van der Waals surface area contributed by atoms with E-state index in [0.29, 0.717) is 40.2 Å². The number of aromatic amines is 1. The summed E-state index contributed by atoms with van der Waals surface area (Å²) < 4.78 is 40.7. The molecule has 0 amide bonds. The number of sulfonamides is 1. The van der Waals surface area contributed by atoms with Crippen molar-refractivity contribution in [3.63, 3.8) is 0 Å². The van der Waals surface area contributed by atoms with E-state index in [1.807, 2.05) is 19.9 Å². The van der Waals surface area contributed by atoms with Gasteiger partial charge in [0.1, 0.15) is 10.5 Å². The quantitative estimate of drug-likeness (QED) is 0.148. The fourth-order valence-corrected chi connectivity index (χ4v) is 8.13. The first-order valence-electron chi connectivity index (χ1n) is 12.7. The van der Waals surface area contributed by atoms with Gasteiger partial charge in [0.25, 0.3) is 0 Å². The first-order valence-corrected chi connectivity index (χ1v) is 18.9. The molecule has 1 saturated carbocycles. The summed E-state index contributed by atoms with van der Waals surface area (Å²) >= 11 is 1.10. The molecule has 0 aliphatic heterocycles. The van der Waals surface area contributed by atoms with Crippen molar-refractivity contribution in [2.24, 2.45) is 5.41 Å². The third kappa shape index (κ3) is 6.97. The monoisotopic (exact) mass is 590 g/mol. The summed E-state index contributed by atoms with van der Waals surface area (Å²) in [5.74, 6) is 4.56. The molecular formula is C24H34N6O4S2Si2. The number of nitrogens with zero attached hydrogens (tertiary/aromatic N) is 3. The van der Waals surface area contributed by atoms with Crippen molar-refractivity contribution in [1.29, 1.82) is 0 Å². The SMILES string of the molecule is C#Cc1cnc(-c2ccc(S(=O)(=O)NCCC(C)(C)C(O[SiH2]C)O[SiH2]C)s2)nc1Nc1cc(C2CC2)[nH]n1. The fraction of sp³-hybridized carbons (Fsp3) is 0.458. The van der Waals surface area contributed by atoms with Crippen molar-refractivity contribution < 1.29 is 17.3 Å². The molecule has 3 aromatic heterocycles. The second-order valence-corrected chi connectivity index (χ2v) is 14.6. The summed E-state index contributed by atoms with van der Waals surface area (Å²) in [4.78, 5) is 9.55. The first-order chi connectivity index (χ1) is 18.2. The molecule has 3 heterocycles. The summed E-state index contributed by atoms with van der Waals surface area (Å²) in [6.07, 6.45) is 9.82. The molecule has 0 saturated heterocycles. The molecule has 3 aromatic rings. The lowest BCUT2D eigenvalue weighted by Crippen LogP contribution is -2.39. The number of thiophene rings is 1. The highest BCUT2D eigenvalue weighted by Crippen LogP contribution is 2.40. The number of H-pyrrole nitrogens is 1. The van der Waals surface area contributed by atoms with Crippen molar-refractivity contribution in [3.05, 3.63) is 35.7 Å². The highest BCUT2D eigenvalue weighted by Gasteiger charge is 2.31. The zero-order valence-corrected chi connectivity index (χ0v) is 26.5. The number of hydrogen-bond donors (Lipinski definition) is 3. The molecule has 3 N–H and O–H groups in total. The number of nitrogens with one attached hydrogen (secondary N) is 3. The van der Waals surface area contributed by atoms with Gasteiger partial charge in [-0.15, -0.1) is 17.8 Å². The van der Waals surface area contributed by atoms with Crippen molar-refractivity contribution in [2.45, 2.75) is 62.6 Å². The van der Waals surface area contributed by atoms with Crippen LogP contribution in [0.2, 0.25) is 13.1 Å². The lowest BCUT2D eigenvalue weighted by Gasteiger charge is -2.34. The van der Waals surface area contributed by atoms with E-state index in [4.69, 9.17) is 15.3 Å². The highest BCUT2D eigenvalue weighted by atomic mass is 32.2. The lowest BCUT2D eigenvalue weighted by atomic mass is 9.89. The molecule has 1 aliphatic carbocycles. The van der Waals surface area contributed by atoms with Crippen molar-refractivity contribution in [3.8, 4) is 23.0 Å². The lowest BCUT2D eigenvalue weighted by molar-refractivity contribution is -0.0812. The zero-order chi connectivity index (χ0) is 27.3. The maximum Gasteiger partial charge on any atom is 0.250 e. The smallest absolute Gasteiger partial charge is 0.250 e. The van der Waals surface area contributed by atoms with E-state index in [9.17, 15) is 8.42 Å². The minimum atomic E-state index is -3.70. The molecule has 1 fully saturated rings. The second kappa shape index (κ2) is 12.2. The molecule has 0 atom stereocenters. The Morgan fingerprint density at radius 1 is 1.29 bits per heavy atom. The molecule has 204 valence electrons. The molecule has 1 aliphatic rings. The van der Waals surface area contributed by atoms with Crippen LogP contribution >= 0.6 is 11.3 Å². The Balaban J connectivity index is 1.44. The Labute approximate surface area is 232 Å². The second-order valence-electron chi connectivity index (χ2n) is 9.71. The van der Waals surface area contributed by atoms with Crippen LogP contribution in [-0.4, -0.2) is 60.9 Å². The van der Waals surface area contributed by atoms with Crippen LogP contribution in [0.25, 0.3) is 10.7 Å². The number of hydrogen-bond acceptors (Lipinski definition) is 9. The van der Waals surface area contributed by atoms with E-state index >= 15 is 0 Å². The summed E-state index contributed by atoms with van der Waals surface area (Å²) in [5.41, 5.74) is 1.27. The maximum atomic E-state index is 13.0. The molecule has 0 spiro atoms. The van der Waals surface area contributed by atoms with Gasteiger partial charge in [0.15, 0.2) is 37.0 Å². The Kier molecular flexibility index (Phi) is 9.19. The van der Waals surface area contributed by atoms with Crippen LogP contribution in [0.15, 0.2) is 28.6 Å². The average Bonchev–Trinajstić information content (AvgIpc) is 3.41. The molecular weight excluding hydrogens is 557 g/mol. The summed E-state index contributed by atoms with van der Waals surface area (Å²) in [5, 5.41) is 10.5. The van der Waals surface area contributed by atoms with E-state index in [1.165, 1.54) is 0 Å². The highest BCUT2D eigenvalue weighted by molar-refractivity contribution is 7.91. The standard InChI is InChI=1S/C24H34N6O4S2Si2/c1-6-15-14-25-22(28-21(15)27-19-13-17(29-30-19)16-7-8-16)18-9-10-20(35-18)36(31,32)26-12-11-24(2,3)23(33-37-4)34-38-5/h1,9-10,13-14,16,23,26H,7-8,11-12,37-38H2,2-5H3,(H2,25,27,28,29,30). The van der Waals surface area contributed by atoms with Crippen LogP contribution in [-0.2, 0) is 18.9 Å². The summed E-state index contributed by atoms with van der Waals surface area (Å²) in [7, 11) is -5.00. The molecule has 0 aromatic carbocycles. The predicted molar refractivity (Wildman–Crippen MR) is 155 cm³/mol. The van der Waals surface area contributed by atoms with Gasteiger partial charge >= 0.3 is 0 Å². The third-order valence-corrected chi connectivity index (χ3v) is 10.5. The van der Waals surface area contributed by atoms with Gasteiger partial charge in [0.05, 0.1) is 10.4 Å². The molecule has 0 bridgehead atoms. The molecule has 0 radical (unpaired) electrons. The number of anilines is 2. The van der Waals surface area contributed by atoms with Crippen molar-refractivity contribution >= 4 is 52.5 Å². The number of terminal acetylenes is 1. The van der Waals surface area contributed by atoms with Gasteiger partial charge in [-0.25, -0.2) is 23.1 Å². The van der Waals surface area contributed by atoms with Gasteiger partial charge in [0.2, 0.25) is 10.0 Å². The normalized spacial score (nSPS) is 15.4. The molecule has 4 rings (SSSR count). The largest absolute Gasteiger partial charge is 0.400 e. The Morgan fingerprint density at radius 2 is 2.03 bits per heavy atom. The van der Waals surface area contributed by atoms with Gasteiger partial charge in [-0.2, -0.15) is 5.10 Å². The Bertz CT molecular complexity index is 1390. The van der Waals surface area contributed by atoms with E-state index in [-0.39, 0.29) is 22.5 Å². The number of aromatic nitrogens is 4. The Hall–Kier alpha value is -2.39. The van der Waals surface area contributed by atoms with Gasteiger partial charge < -0.3 is 14.2 Å². The predicted octanol–water partition coefficient (Wildman–Crippen LogP) is 2.85. The van der Waals surface area contributed by atoms with Crippen LogP contribution in [0.1, 0.15) is 50.3 Å². The first kappa shape index (κ1) is 28.6. The molecule has 10 nitrogen and oxygen atoms in total. The maximum absolute atomic E-state index is 13.0. The molecule has 14 heteroatoms. The van der Waals surface area contributed by atoms with Crippen LogP contribution < -0.4 is 10.0 Å². The molecule has 38 heavy (non-hydrogen) atoms. The Morgan fingerprint density at radius 3 is 2.68 bits per heavy atom. The van der Waals surface area contributed by atoms with E-state index in [1.54, 1.807) is 18.3 Å². The van der Waals surface area contributed by atoms with Crippen LogP contribution in [0.3, 0.4) is 0 Å². The van der Waals surface area contributed by atoms with E-state index in [2.05, 4.69) is 49.2 Å². The molecule has 0 unspecified atom stereocenters. The van der Waals surface area contributed by atoms with Crippen molar-refractivity contribution in [1.82, 2.24) is 24.9 Å². The zero-order valence-electron chi connectivity index (χ0n) is 22.1. The van der Waals surface area contributed by atoms with Crippen molar-refractivity contribution in [2.75, 3.05) is 11.9 Å². The van der Waals surface area contributed by atoms with Gasteiger partial charge in [-0.05, 0) is 31.4 Å². The minimum absolute atomic E-state index is 0.191. The summed E-state index contributed by atoms with van der Waals surface area (Å²) in [6.45, 7) is 8.48. The topological polar surface area (TPSA) is 131 Å². The fourth-order valence-electron chi connectivity index (χ4n) is 3.91. The van der Waals surface area contributed by atoms with Gasteiger partial charge in [-0.3, -0.25) is 5.10 Å². The summed E-state index contributed by atoms with van der Waals surface area (Å²) in [6, 6.07) is 5.22. The van der Waals surface area contributed by atoms with Crippen LogP contribution in [0, 0.1) is 17.8 Å².